The van der Waals surface area contributed by atoms with Gasteiger partial charge in [0.1, 0.15) is 11.0 Å². The first-order chi connectivity index (χ1) is 9.43. The van der Waals surface area contributed by atoms with Gasteiger partial charge in [0.05, 0.1) is 5.69 Å². The molecule has 106 valence electrons. The Hall–Kier alpha value is -1.62. The molecule has 2 nitrogen and oxygen atoms in total. The topological polar surface area (TPSA) is 25.8 Å². The van der Waals surface area contributed by atoms with Crippen molar-refractivity contribution in [3.63, 3.8) is 0 Å². The van der Waals surface area contributed by atoms with E-state index in [2.05, 4.69) is 9.97 Å². The number of halogens is 4. The minimum atomic E-state index is -1.50. The molecule has 0 bridgehead atoms. The van der Waals surface area contributed by atoms with Crippen LogP contribution in [0.2, 0.25) is 5.15 Å². The molecule has 1 aromatic heterocycles. The van der Waals surface area contributed by atoms with Gasteiger partial charge in [0, 0.05) is 17.5 Å². The Morgan fingerprint density at radius 1 is 1.10 bits per heavy atom. The van der Waals surface area contributed by atoms with E-state index >= 15 is 0 Å². The van der Waals surface area contributed by atoms with Crippen molar-refractivity contribution in [2.75, 3.05) is 0 Å². The number of hydrogen-bond donors (Lipinski definition) is 0. The number of aryl methyl sites for hydroxylation is 1. The van der Waals surface area contributed by atoms with Crippen molar-refractivity contribution >= 4 is 11.6 Å². The summed E-state index contributed by atoms with van der Waals surface area (Å²) >= 11 is 6.00. The van der Waals surface area contributed by atoms with Gasteiger partial charge in [0.25, 0.3) is 0 Å². The molecule has 0 saturated heterocycles. The fraction of sp³-hybridized carbons (Fsp3) is 0.286. The molecular formula is C14H12ClF3N2. The number of hydrogen-bond acceptors (Lipinski definition) is 2. The van der Waals surface area contributed by atoms with Crippen molar-refractivity contribution < 1.29 is 13.2 Å². The molecule has 0 spiro atoms. The van der Waals surface area contributed by atoms with Crippen LogP contribution in [0.3, 0.4) is 0 Å². The van der Waals surface area contributed by atoms with E-state index in [1.54, 1.807) is 6.92 Å². The zero-order valence-corrected chi connectivity index (χ0v) is 11.7. The maximum absolute atomic E-state index is 13.3. The molecule has 20 heavy (non-hydrogen) atoms. The second kappa shape index (κ2) is 5.79. The summed E-state index contributed by atoms with van der Waals surface area (Å²) in [4.78, 5) is 8.36. The van der Waals surface area contributed by atoms with Gasteiger partial charge in [-0.2, -0.15) is 0 Å². The molecule has 2 rings (SSSR count). The molecule has 0 radical (unpaired) electrons. The van der Waals surface area contributed by atoms with Crippen LogP contribution >= 0.6 is 11.6 Å². The van der Waals surface area contributed by atoms with Crippen molar-refractivity contribution in [3.8, 4) is 11.3 Å². The number of nitrogens with zero attached hydrogens (tertiary/aromatic N) is 2. The Bertz CT molecular complexity index is 636. The van der Waals surface area contributed by atoms with Crippen molar-refractivity contribution in [1.82, 2.24) is 9.97 Å². The van der Waals surface area contributed by atoms with Crippen LogP contribution < -0.4 is 0 Å². The lowest BCUT2D eigenvalue weighted by molar-refractivity contribution is 0.447. The Morgan fingerprint density at radius 2 is 1.70 bits per heavy atom. The zero-order chi connectivity index (χ0) is 14.9. The highest BCUT2D eigenvalue weighted by Gasteiger charge is 2.16. The molecule has 0 saturated carbocycles. The molecule has 0 aliphatic carbocycles. The quantitative estimate of drug-likeness (QED) is 0.617. The highest BCUT2D eigenvalue weighted by molar-refractivity contribution is 6.30. The fourth-order valence-electron chi connectivity index (χ4n) is 1.84. The van der Waals surface area contributed by atoms with E-state index in [1.807, 2.05) is 6.92 Å². The van der Waals surface area contributed by atoms with Gasteiger partial charge in [-0.3, -0.25) is 0 Å². The lowest BCUT2D eigenvalue weighted by Gasteiger charge is -2.10. The largest absolute Gasteiger partial charge is 0.233 e. The van der Waals surface area contributed by atoms with E-state index in [1.165, 1.54) is 0 Å². The first-order valence-electron chi connectivity index (χ1n) is 6.12. The van der Waals surface area contributed by atoms with Gasteiger partial charge in [0.2, 0.25) is 0 Å². The van der Waals surface area contributed by atoms with Crippen LogP contribution in [0.1, 0.15) is 24.7 Å². The summed E-state index contributed by atoms with van der Waals surface area (Å²) in [6, 6.07) is 1.81. The normalized spacial score (nSPS) is 10.9. The Labute approximate surface area is 119 Å². The van der Waals surface area contributed by atoms with Crippen LogP contribution in [0.15, 0.2) is 12.1 Å². The molecule has 0 aliphatic heterocycles. The van der Waals surface area contributed by atoms with E-state index in [4.69, 9.17) is 11.6 Å². The predicted octanol–water partition coefficient (Wildman–Crippen LogP) is 4.48. The minimum absolute atomic E-state index is 0.139. The molecule has 0 aliphatic rings. The summed E-state index contributed by atoms with van der Waals surface area (Å²) in [5.41, 5.74) is 0.948. The van der Waals surface area contributed by atoms with Crippen LogP contribution in [-0.2, 0) is 6.42 Å². The maximum atomic E-state index is 13.3. The van der Waals surface area contributed by atoms with Crippen molar-refractivity contribution in [1.29, 1.82) is 0 Å². The van der Waals surface area contributed by atoms with Crippen molar-refractivity contribution in [2.24, 2.45) is 0 Å². The van der Waals surface area contributed by atoms with Gasteiger partial charge < -0.3 is 0 Å². The Morgan fingerprint density at radius 3 is 2.25 bits per heavy atom. The summed E-state index contributed by atoms with van der Waals surface area (Å²) in [5.74, 6) is -3.53. The van der Waals surface area contributed by atoms with Gasteiger partial charge in [-0.1, -0.05) is 18.5 Å². The van der Waals surface area contributed by atoms with E-state index in [0.29, 0.717) is 23.5 Å². The molecule has 0 N–H and O–H groups in total. The molecule has 0 atom stereocenters. The molecule has 0 fully saturated rings. The third kappa shape index (κ3) is 2.77. The number of benzene rings is 1. The highest BCUT2D eigenvalue weighted by Crippen LogP contribution is 2.28. The first-order valence-corrected chi connectivity index (χ1v) is 6.49. The van der Waals surface area contributed by atoms with Crippen molar-refractivity contribution in [3.05, 3.63) is 46.1 Å². The zero-order valence-electron chi connectivity index (χ0n) is 11.0. The molecule has 2 aromatic rings. The van der Waals surface area contributed by atoms with Gasteiger partial charge in [-0.15, -0.1) is 0 Å². The van der Waals surface area contributed by atoms with Gasteiger partial charge in [-0.05, 0) is 25.5 Å². The average molecular weight is 301 g/mol. The minimum Gasteiger partial charge on any atom is -0.233 e. The summed E-state index contributed by atoms with van der Waals surface area (Å²) in [7, 11) is 0. The van der Waals surface area contributed by atoms with Gasteiger partial charge in [-0.25, -0.2) is 23.1 Å². The molecular weight excluding hydrogens is 289 g/mol. The Kier molecular flexibility index (Phi) is 4.28. The van der Waals surface area contributed by atoms with Crippen LogP contribution in [0.5, 0.6) is 0 Å². The van der Waals surface area contributed by atoms with E-state index < -0.39 is 17.5 Å². The van der Waals surface area contributed by atoms with E-state index in [9.17, 15) is 13.2 Å². The monoisotopic (exact) mass is 300 g/mol. The highest BCUT2D eigenvalue weighted by atomic mass is 35.5. The van der Waals surface area contributed by atoms with Crippen LogP contribution in [0.4, 0.5) is 13.2 Å². The lowest BCUT2D eigenvalue weighted by atomic mass is 10.1. The lowest BCUT2D eigenvalue weighted by Crippen LogP contribution is -2.02. The number of rotatable bonds is 3. The van der Waals surface area contributed by atoms with Crippen molar-refractivity contribution in [2.45, 2.75) is 26.7 Å². The number of aromatic nitrogens is 2. The summed E-state index contributed by atoms with van der Waals surface area (Å²) < 4.78 is 39.6. The van der Waals surface area contributed by atoms with Crippen LogP contribution in [0.25, 0.3) is 11.3 Å². The smallest absolute Gasteiger partial charge is 0.194 e. The first kappa shape index (κ1) is 14.8. The predicted molar refractivity (Wildman–Crippen MR) is 71.1 cm³/mol. The Balaban J connectivity index is 2.62. The second-order valence-electron chi connectivity index (χ2n) is 4.41. The fourth-order valence-corrected chi connectivity index (χ4v) is 2.03. The SMILES string of the molecule is CCCc1nc(Cl)c(C)c(-c2cc(F)c(F)c(F)c2)n1. The summed E-state index contributed by atoms with van der Waals surface area (Å²) in [5, 5.41) is 0.226. The molecule has 6 heteroatoms. The van der Waals surface area contributed by atoms with Gasteiger partial charge >= 0.3 is 0 Å². The summed E-state index contributed by atoms with van der Waals surface area (Å²) in [6.07, 6.45) is 1.41. The molecule has 0 amide bonds. The third-order valence-electron chi connectivity index (χ3n) is 2.86. The van der Waals surface area contributed by atoms with E-state index in [-0.39, 0.29) is 10.7 Å². The van der Waals surface area contributed by atoms with Crippen LogP contribution in [-0.4, -0.2) is 9.97 Å². The second-order valence-corrected chi connectivity index (χ2v) is 4.77. The molecule has 1 aromatic carbocycles. The maximum Gasteiger partial charge on any atom is 0.194 e. The van der Waals surface area contributed by atoms with Crippen LogP contribution in [0, 0.1) is 24.4 Å². The summed E-state index contributed by atoms with van der Waals surface area (Å²) in [6.45, 7) is 3.60. The van der Waals surface area contributed by atoms with Gasteiger partial charge in [0.15, 0.2) is 17.5 Å². The van der Waals surface area contributed by atoms with E-state index in [0.717, 1.165) is 18.6 Å². The average Bonchev–Trinajstić information content (AvgIpc) is 2.39. The molecule has 0 unspecified atom stereocenters. The third-order valence-corrected chi connectivity index (χ3v) is 3.23. The molecule has 1 heterocycles. The standard InChI is InChI=1S/C14H12ClF3N2/c1-3-4-11-19-13(7(2)14(15)20-11)8-5-9(16)12(18)10(17)6-8/h5-6H,3-4H2,1-2H3.